The summed E-state index contributed by atoms with van der Waals surface area (Å²) in [5, 5.41) is 0.783. The maximum Gasteiger partial charge on any atom is 0.179 e. The Hall–Kier alpha value is -0.350. The van der Waals surface area contributed by atoms with E-state index < -0.39 is 9.84 Å². The first-order chi connectivity index (χ1) is 7.49. The minimum atomic E-state index is -3.13. The summed E-state index contributed by atoms with van der Waals surface area (Å²) in [6.45, 7) is 1.85. The molecule has 4 heteroatoms. The summed E-state index contributed by atoms with van der Waals surface area (Å²) in [4.78, 5) is 0.488. The summed E-state index contributed by atoms with van der Waals surface area (Å²) in [5.41, 5.74) is 0.842. The van der Waals surface area contributed by atoms with E-state index in [2.05, 4.69) is 15.9 Å². The van der Waals surface area contributed by atoms with Gasteiger partial charge in [-0.25, -0.2) is 8.42 Å². The number of hydrogen-bond donors (Lipinski definition) is 0. The molecule has 0 atom stereocenters. The van der Waals surface area contributed by atoms with Gasteiger partial charge in [0.1, 0.15) is 0 Å². The molecule has 0 aliphatic heterocycles. The van der Waals surface area contributed by atoms with E-state index in [-0.39, 0.29) is 11.2 Å². The average molecular weight is 303 g/mol. The number of hydrogen-bond acceptors (Lipinski definition) is 2. The molecule has 0 aromatic heterocycles. The molecule has 0 spiro atoms. The van der Waals surface area contributed by atoms with Gasteiger partial charge in [-0.15, -0.1) is 0 Å². The molecular formula is C12H15BrO2S. The normalized spacial score (nSPS) is 18.4. The molecule has 88 valence electrons. The summed E-state index contributed by atoms with van der Waals surface area (Å²) in [5.74, 6) is 0.274. The minimum Gasteiger partial charge on any atom is -0.224 e. The summed E-state index contributed by atoms with van der Waals surface area (Å²) in [6, 6.07) is 7.20. The number of aryl methyl sites for hydroxylation is 1. The molecule has 0 unspecified atom stereocenters. The minimum absolute atomic E-state index is 0.00111. The second-order valence-electron chi connectivity index (χ2n) is 4.66. The van der Waals surface area contributed by atoms with Crippen LogP contribution < -0.4 is 0 Å². The standard InChI is InChI=1S/C12H15BrO2S/c1-10-4-2-3-5-11(10)16(14,15)9-12(8-13)6-7-12/h2-5H,6-9H2,1H3. The number of sulfone groups is 1. The lowest BCUT2D eigenvalue weighted by Gasteiger charge is -2.13. The molecule has 2 rings (SSSR count). The van der Waals surface area contributed by atoms with Crippen molar-refractivity contribution in [1.29, 1.82) is 0 Å². The second kappa shape index (κ2) is 4.15. The molecule has 0 N–H and O–H groups in total. The van der Waals surface area contributed by atoms with Crippen LogP contribution in [0.15, 0.2) is 29.2 Å². The molecule has 1 aromatic carbocycles. The lowest BCUT2D eigenvalue weighted by Crippen LogP contribution is -2.19. The topological polar surface area (TPSA) is 34.1 Å². The van der Waals surface area contributed by atoms with Crippen molar-refractivity contribution in [2.45, 2.75) is 24.7 Å². The maximum absolute atomic E-state index is 12.2. The van der Waals surface area contributed by atoms with Crippen molar-refractivity contribution >= 4 is 25.8 Å². The maximum atomic E-state index is 12.2. The quantitative estimate of drug-likeness (QED) is 0.801. The summed E-state index contributed by atoms with van der Waals surface area (Å²) in [7, 11) is -3.13. The van der Waals surface area contributed by atoms with Gasteiger partial charge in [0.25, 0.3) is 0 Å². The Morgan fingerprint density at radius 2 is 1.94 bits per heavy atom. The van der Waals surface area contributed by atoms with Crippen LogP contribution in [0.5, 0.6) is 0 Å². The average Bonchev–Trinajstić information content (AvgIpc) is 2.98. The molecular weight excluding hydrogens is 288 g/mol. The van der Waals surface area contributed by atoms with Gasteiger partial charge < -0.3 is 0 Å². The van der Waals surface area contributed by atoms with Gasteiger partial charge in [0.05, 0.1) is 10.6 Å². The molecule has 1 aliphatic rings. The highest BCUT2D eigenvalue weighted by atomic mass is 79.9. The van der Waals surface area contributed by atoms with E-state index in [4.69, 9.17) is 0 Å². The lowest BCUT2D eigenvalue weighted by molar-refractivity contribution is 0.571. The smallest absolute Gasteiger partial charge is 0.179 e. The van der Waals surface area contributed by atoms with Crippen molar-refractivity contribution in [2.75, 3.05) is 11.1 Å². The van der Waals surface area contributed by atoms with Crippen LogP contribution in [0.4, 0.5) is 0 Å². The zero-order valence-electron chi connectivity index (χ0n) is 9.24. The first kappa shape index (κ1) is 12.1. The van der Waals surface area contributed by atoms with Gasteiger partial charge in [0.15, 0.2) is 9.84 Å². The predicted octanol–water partition coefficient (Wildman–Crippen LogP) is 2.94. The Labute approximate surface area is 105 Å². The van der Waals surface area contributed by atoms with Crippen molar-refractivity contribution in [3.63, 3.8) is 0 Å². The second-order valence-corrected chi connectivity index (χ2v) is 7.18. The lowest BCUT2D eigenvalue weighted by atomic mass is 10.2. The van der Waals surface area contributed by atoms with Crippen molar-refractivity contribution < 1.29 is 8.42 Å². The summed E-state index contributed by atoms with van der Waals surface area (Å²) >= 11 is 3.41. The highest BCUT2D eigenvalue weighted by molar-refractivity contribution is 9.09. The third-order valence-corrected chi connectivity index (χ3v) is 6.48. The van der Waals surface area contributed by atoms with Gasteiger partial charge >= 0.3 is 0 Å². The van der Waals surface area contributed by atoms with Gasteiger partial charge in [-0.3, -0.25) is 0 Å². The van der Waals surface area contributed by atoms with Crippen molar-refractivity contribution in [1.82, 2.24) is 0 Å². The highest BCUT2D eigenvalue weighted by Crippen LogP contribution is 2.48. The molecule has 1 aliphatic carbocycles. The van der Waals surface area contributed by atoms with Crippen molar-refractivity contribution in [3.05, 3.63) is 29.8 Å². The Kier molecular flexibility index (Phi) is 3.14. The van der Waals surface area contributed by atoms with E-state index in [1.807, 2.05) is 19.1 Å². The molecule has 0 heterocycles. The molecule has 0 bridgehead atoms. The predicted molar refractivity (Wildman–Crippen MR) is 68.7 cm³/mol. The number of halogens is 1. The number of alkyl halides is 1. The fourth-order valence-electron chi connectivity index (χ4n) is 1.88. The van der Waals surface area contributed by atoms with Crippen LogP contribution in [0.2, 0.25) is 0 Å². The van der Waals surface area contributed by atoms with Gasteiger partial charge in [-0.2, -0.15) is 0 Å². The van der Waals surface area contributed by atoms with Crippen LogP contribution in [0.1, 0.15) is 18.4 Å². The van der Waals surface area contributed by atoms with Gasteiger partial charge in [0, 0.05) is 5.33 Å². The fraction of sp³-hybridized carbons (Fsp3) is 0.500. The molecule has 2 nitrogen and oxygen atoms in total. The van der Waals surface area contributed by atoms with Crippen LogP contribution >= 0.6 is 15.9 Å². The molecule has 0 saturated heterocycles. The molecule has 0 radical (unpaired) electrons. The third kappa shape index (κ3) is 2.33. The number of benzene rings is 1. The Morgan fingerprint density at radius 3 is 2.44 bits per heavy atom. The van der Waals surface area contributed by atoms with E-state index in [0.717, 1.165) is 23.7 Å². The molecule has 1 aromatic rings. The van der Waals surface area contributed by atoms with Crippen molar-refractivity contribution in [2.24, 2.45) is 5.41 Å². The fourth-order valence-corrected chi connectivity index (χ4v) is 5.10. The summed E-state index contributed by atoms with van der Waals surface area (Å²) < 4.78 is 24.5. The van der Waals surface area contributed by atoms with Crippen LogP contribution in [-0.4, -0.2) is 19.5 Å². The SMILES string of the molecule is Cc1ccccc1S(=O)(=O)CC1(CBr)CC1. The van der Waals surface area contributed by atoms with Crippen LogP contribution in [0.25, 0.3) is 0 Å². The first-order valence-electron chi connectivity index (χ1n) is 5.33. The van der Waals surface area contributed by atoms with Gasteiger partial charge in [0.2, 0.25) is 0 Å². The van der Waals surface area contributed by atoms with Crippen LogP contribution in [0, 0.1) is 12.3 Å². The van der Waals surface area contributed by atoms with E-state index in [1.165, 1.54) is 0 Å². The van der Waals surface area contributed by atoms with E-state index in [0.29, 0.717) is 4.90 Å². The summed E-state index contributed by atoms with van der Waals surface area (Å²) in [6.07, 6.45) is 2.03. The van der Waals surface area contributed by atoms with E-state index in [1.54, 1.807) is 12.1 Å². The zero-order valence-corrected chi connectivity index (χ0v) is 11.6. The largest absolute Gasteiger partial charge is 0.224 e. The number of rotatable bonds is 4. The first-order valence-corrected chi connectivity index (χ1v) is 8.11. The Bertz CT molecular complexity index is 489. The monoisotopic (exact) mass is 302 g/mol. The van der Waals surface area contributed by atoms with Crippen LogP contribution in [-0.2, 0) is 9.84 Å². The Morgan fingerprint density at radius 1 is 1.31 bits per heavy atom. The third-order valence-electron chi connectivity index (χ3n) is 3.17. The molecule has 1 fully saturated rings. The molecule has 1 saturated carbocycles. The highest BCUT2D eigenvalue weighted by Gasteiger charge is 2.45. The molecule has 16 heavy (non-hydrogen) atoms. The van der Waals surface area contributed by atoms with E-state index >= 15 is 0 Å². The Balaban J connectivity index is 2.30. The van der Waals surface area contributed by atoms with Gasteiger partial charge in [-0.1, -0.05) is 34.1 Å². The zero-order chi connectivity index (χ0) is 11.8. The van der Waals surface area contributed by atoms with Gasteiger partial charge in [-0.05, 0) is 36.8 Å². The van der Waals surface area contributed by atoms with Crippen LogP contribution in [0.3, 0.4) is 0 Å². The van der Waals surface area contributed by atoms with E-state index in [9.17, 15) is 8.42 Å². The van der Waals surface area contributed by atoms with Crippen molar-refractivity contribution in [3.8, 4) is 0 Å². The molecule has 0 amide bonds.